The van der Waals surface area contributed by atoms with E-state index < -0.39 is 0 Å². The van der Waals surface area contributed by atoms with E-state index in [-0.39, 0.29) is 18.0 Å². The van der Waals surface area contributed by atoms with Gasteiger partial charge in [-0.25, -0.2) is 4.68 Å². The molecule has 2 rings (SSSR count). The lowest BCUT2D eigenvalue weighted by molar-refractivity contribution is 0.0951. The van der Waals surface area contributed by atoms with Gasteiger partial charge in [0.1, 0.15) is 0 Å². The van der Waals surface area contributed by atoms with Gasteiger partial charge in [-0.05, 0) is 31.2 Å². The van der Waals surface area contributed by atoms with Crippen LogP contribution in [0.4, 0.5) is 0 Å². The number of nitrogens with zero attached hydrogens (tertiary/aromatic N) is 2. The number of benzene rings is 1. The number of hydrogen-bond acceptors (Lipinski definition) is 3. The number of carbonyl (C=O) groups excluding carboxylic acids is 1. The van der Waals surface area contributed by atoms with E-state index in [9.17, 15) is 9.59 Å². The number of halogens is 2. The fourth-order valence-electron chi connectivity index (χ4n) is 1.73. The van der Waals surface area contributed by atoms with Crippen LogP contribution in [0.5, 0.6) is 0 Å². The van der Waals surface area contributed by atoms with Crippen LogP contribution in [0.1, 0.15) is 16.1 Å². The molecule has 0 saturated carbocycles. The van der Waals surface area contributed by atoms with Crippen LogP contribution in [-0.4, -0.2) is 22.2 Å². The highest BCUT2D eigenvalue weighted by molar-refractivity contribution is 6.42. The van der Waals surface area contributed by atoms with Crippen molar-refractivity contribution in [3.8, 4) is 0 Å². The fraction of sp³-hybridized carbons (Fsp3) is 0.214. The van der Waals surface area contributed by atoms with Crippen molar-refractivity contribution in [3.63, 3.8) is 0 Å². The quantitative estimate of drug-likeness (QED) is 0.938. The van der Waals surface area contributed by atoms with Gasteiger partial charge in [-0.15, -0.1) is 0 Å². The molecule has 0 aliphatic carbocycles. The first-order valence-corrected chi connectivity index (χ1v) is 7.01. The number of aromatic nitrogens is 2. The van der Waals surface area contributed by atoms with Crippen LogP contribution in [0.15, 0.2) is 35.1 Å². The van der Waals surface area contributed by atoms with Crippen LogP contribution < -0.4 is 10.9 Å². The largest absolute Gasteiger partial charge is 0.350 e. The minimum atomic E-state index is -0.283. The van der Waals surface area contributed by atoms with Gasteiger partial charge < -0.3 is 5.32 Å². The maximum atomic E-state index is 11.9. The number of hydrogen-bond donors (Lipinski definition) is 1. The van der Waals surface area contributed by atoms with Gasteiger partial charge in [0.2, 0.25) is 0 Å². The van der Waals surface area contributed by atoms with Gasteiger partial charge >= 0.3 is 0 Å². The summed E-state index contributed by atoms with van der Waals surface area (Å²) < 4.78 is 1.31. The highest BCUT2D eigenvalue weighted by Crippen LogP contribution is 2.22. The zero-order valence-corrected chi connectivity index (χ0v) is 12.8. The highest BCUT2D eigenvalue weighted by Gasteiger charge is 2.07. The summed E-state index contributed by atoms with van der Waals surface area (Å²) in [6.07, 6.45) is 0. The van der Waals surface area contributed by atoms with Crippen molar-refractivity contribution in [2.24, 2.45) is 0 Å². The average Bonchev–Trinajstić information content (AvgIpc) is 2.45. The molecular weight excluding hydrogens is 313 g/mol. The molecule has 1 aromatic heterocycles. The Kier molecular flexibility index (Phi) is 4.98. The first-order chi connectivity index (χ1) is 9.97. The summed E-state index contributed by atoms with van der Waals surface area (Å²) in [5, 5.41) is 7.50. The topological polar surface area (TPSA) is 64.0 Å². The molecule has 0 spiro atoms. The van der Waals surface area contributed by atoms with Crippen molar-refractivity contribution in [2.45, 2.75) is 13.5 Å². The number of carbonyl (C=O) groups is 1. The Morgan fingerprint density at radius 3 is 2.71 bits per heavy atom. The van der Waals surface area contributed by atoms with Crippen LogP contribution >= 0.6 is 23.2 Å². The zero-order valence-electron chi connectivity index (χ0n) is 11.3. The van der Waals surface area contributed by atoms with Gasteiger partial charge in [0, 0.05) is 18.2 Å². The molecule has 1 amide bonds. The summed E-state index contributed by atoms with van der Waals surface area (Å²) in [6.45, 7) is 2.38. The van der Waals surface area contributed by atoms with Crippen molar-refractivity contribution in [1.29, 1.82) is 0 Å². The molecule has 1 N–H and O–H groups in total. The highest BCUT2D eigenvalue weighted by atomic mass is 35.5. The van der Waals surface area contributed by atoms with Crippen LogP contribution in [0.2, 0.25) is 10.0 Å². The molecule has 0 fully saturated rings. The van der Waals surface area contributed by atoms with Crippen molar-refractivity contribution in [3.05, 3.63) is 62.0 Å². The van der Waals surface area contributed by atoms with Crippen molar-refractivity contribution < 1.29 is 4.79 Å². The van der Waals surface area contributed by atoms with Gasteiger partial charge in [-0.3, -0.25) is 9.59 Å². The second kappa shape index (κ2) is 6.74. The van der Waals surface area contributed by atoms with E-state index in [1.165, 1.54) is 16.8 Å². The van der Waals surface area contributed by atoms with Crippen LogP contribution in [0.25, 0.3) is 0 Å². The lowest BCUT2D eigenvalue weighted by atomic mass is 10.2. The number of aryl methyl sites for hydroxylation is 1. The van der Waals surface area contributed by atoms with Crippen molar-refractivity contribution in [2.75, 3.05) is 6.54 Å². The third-order valence-corrected chi connectivity index (χ3v) is 3.53. The van der Waals surface area contributed by atoms with E-state index in [0.717, 1.165) is 5.69 Å². The Labute approximate surface area is 131 Å². The summed E-state index contributed by atoms with van der Waals surface area (Å²) in [6, 6.07) is 7.73. The fourth-order valence-corrected chi connectivity index (χ4v) is 2.02. The summed E-state index contributed by atoms with van der Waals surface area (Å²) in [7, 11) is 0. The third kappa shape index (κ3) is 4.06. The molecule has 21 heavy (non-hydrogen) atoms. The van der Waals surface area contributed by atoms with Gasteiger partial charge in [0.15, 0.2) is 0 Å². The molecule has 0 unspecified atom stereocenters. The summed E-state index contributed by atoms with van der Waals surface area (Å²) in [5.41, 5.74) is 0.948. The number of nitrogens with one attached hydrogen (secondary N) is 1. The van der Waals surface area contributed by atoms with E-state index in [0.29, 0.717) is 22.2 Å². The van der Waals surface area contributed by atoms with Gasteiger partial charge in [-0.2, -0.15) is 5.10 Å². The molecule has 0 bridgehead atoms. The molecule has 0 atom stereocenters. The van der Waals surface area contributed by atoms with Gasteiger partial charge in [0.05, 0.1) is 22.3 Å². The molecule has 0 aliphatic rings. The van der Waals surface area contributed by atoms with E-state index in [4.69, 9.17) is 23.2 Å². The zero-order chi connectivity index (χ0) is 15.4. The lowest BCUT2D eigenvalue weighted by Gasteiger charge is -2.08. The molecule has 1 aromatic carbocycles. The maximum Gasteiger partial charge on any atom is 0.266 e. The van der Waals surface area contributed by atoms with Gasteiger partial charge in [0.25, 0.3) is 11.5 Å². The Morgan fingerprint density at radius 1 is 1.24 bits per heavy atom. The number of amides is 1. The Bertz CT molecular complexity index is 728. The molecule has 2 aromatic rings. The second-order valence-electron chi connectivity index (χ2n) is 4.42. The van der Waals surface area contributed by atoms with Gasteiger partial charge in [-0.1, -0.05) is 23.2 Å². The second-order valence-corrected chi connectivity index (χ2v) is 5.24. The van der Waals surface area contributed by atoms with Crippen LogP contribution in [0.3, 0.4) is 0 Å². The first kappa shape index (κ1) is 15.5. The maximum absolute atomic E-state index is 11.9. The number of rotatable bonds is 4. The molecular formula is C14H13Cl2N3O2. The van der Waals surface area contributed by atoms with E-state index in [1.54, 1.807) is 25.1 Å². The molecule has 0 aliphatic heterocycles. The average molecular weight is 326 g/mol. The summed E-state index contributed by atoms with van der Waals surface area (Å²) in [5.74, 6) is -0.283. The molecule has 0 saturated heterocycles. The molecule has 5 nitrogen and oxygen atoms in total. The molecule has 110 valence electrons. The summed E-state index contributed by atoms with van der Waals surface area (Å²) >= 11 is 11.7. The van der Waals surface area contributed by atoms with Crippen molar-refractivity contribution in [1.82, 2.24) is 15.1 Å². The third-order valence-electron chi connectivity index (χ3n) is 2.79. The molecule has 7 heteroatoms. The lowest BCUT2D eigenvalue weighted by Crippen LogP contribution is -2.32. The predicted octanol–water partition coefficient (Wildman–Crippen LogP) is 2.29. The standard InChI is InChI=1S/C14H13Cl2N3O2/c1-9-2-5-13(20)19(18-9)7-6-17-14(21)10-3-4-11(15)12(16)8-10/h2-5,8H,6-7H2,1H3,(H,17,21). The minimum Gasteiger partial charge on any atom is -0.350 e. The Balaban J connectivity index is 1.96. The smallest absolute Gasteiger partial charge is 0.266 e. The summed E-state index contributed by atoms with van der Waals surface area (Å²) in [4.78, 5) is 23.5. The first-order valence-electron chi connectivity index (χ1n) is 6.25. The van der Waals surface area contributed by atoms with E-state index >= 15 is 0 Å². The van der Waals surface area contributed by atoms with E-state index in [2.05, 4.69) is 10.4 Å². The minimum absolute atomic E-state index is 0.204. The van der Waals surface area contributed by atoms with Crippen LogP contribution in [-0.2, 0) is 6.54 Å². The Morgan fingerprint density at radius 2 is 2.00 bits per heavy atom. The Hall–Kier alpha value is -1.85. The molecule has 1 heterocycles. The SMILES string of the molecule is Cc1ccc(=O)n(CCNC(=O)c2ccc(Cl)c(Cl)c2)n1. The normalized spacial score (nSPS) is 10.4. The van der Waals surface area contributed by atoms with Crippen molar-refractivity contribution >= 4 is 29.1 Å². The van der Waals surface area contributed by atoms with Crippen LogP contribution in [0, 0.1) is 6.92 Å². The van der Waals surface area contributed by atoms with E-state index in [1.807, 2.05) is 0 Å². The monoisotopic (exact) mass is 325 g/mol. The predicted molar refractivity (Wildman–Crippen MR) is 82.0 cm³/mol. The molecule has 0 radical (unpaired) electrons.